The van der Waals surface area contributed by atoms with Crippen molar-refractivity contribution in [2.24, 2.45) is 7.05 Å². The summed E-state index contributed by atoms with van der Waals surface area (Å²) in [6.45, 7) is 4.61. The summed E-state index contributed by atoms with van der Waals surface area (Å²) in [7, 11) is 5.36. The lowest BCUT2D eigenvalue weighted by molar-refractivity contribution is 0.0939. The molecule has 0 spiro atoms. The van der Waals surface area contributed by atoms with Gasteiger partial charge in [0.25, 0.3) is 5.91 Å². The third-order valence-electron chi connectivity index (χ3n) is 2.94. The molecule has 1 amide bonds. The number of nitrogens with two attached hydrogens (primary N) is 1. The van der Waals surface area contributed by atoms with E-state index in [-0.39, 0.29) is 5.91 Å². The van der Waals surface area contributed by atoms with Gasteiger partial charge in [0, 0.05) is 33.8 Å². The molecule has 1 heterocycles. The van der Waals surface area contributed by atoms with E-state index in [1.165, 1.54) is 4.68 Å². The summed E-state index contributed by atoms with van der Waals surface area (Å²) in [4.78, 5) is 14.1. The number of hydrogen-bond donors (Lipinski definition) is 2. The van der Waals surface area contributed by atoms with E-state index >= 15 is 0 Å². The standard InChI is InChI=1S/C12H23N5O2/c1-9-10(13)11(17(3)15-9)12(18)14-5-6-16(2)7-8-19-4/h5-8,13H2,1-4H3,(H,14,18). The smallest absolute Gasteiger partial charge is 0.271 e. The molecule has 1 aromatic rings. The minimum absolute atomic E-state index is 0.194. The topological polar surface area (TPSA) is 85.4 Å². The first-order chi connectivity index (χ1) is 8.97. The maximum Gasteiger partial charge on any atom is 0.271 e. The molecule has 0 aliphatic carbocycles. The number of aromatic nitrogens is 2. The monoisotopic (exact) mass is 269 g/mol. The highest BCUT2D eigenvalue weighted by Gasteiger charge is 2.17. The van der Waals surface area contributed by atoms with Gasteiger partial charge in [-0.3, -0.25) is 9.48 Å². The minimum atomic E-state index is -0.194. The van der Waals surface area contributed by atoms with Crippen LogP contribution in [0.25, 0.3) is 0 Å². The number of anilines is 1. The first-order valence-corrected chi connectivity index (χ1v) is 6.22. The molecule has 0 aliphatic rings. The Morgan fingerprint density at radius 3 is 2.74 bits per heavy atom. The van der Waals surface area contributed by atoms with E-state index in [4.69, 9.17) is 10.5 Å². The fraction of sp³-hybridized carbons (Fsp3) is 0.667. The zero-order valence-electron chi connectivity index (χ0n) is 12.1. The SMILES string of the molecule is COCCN(C)CCNC(=O)c1c(N)c(C)nn1C. The minimum Gasteiger partial charge on any atom is -0.395 e. The number of nitrogens with zero attached hydrogens (tertiary/aromatic N) is 3. The predicted molar refractivity (Wildman–Crippen MR) is 74.1 cm³/mol. The van der Waals surface area contributed by atoms with E-state index in [0.29, 0.717) is 30.2 Å². The molecule has 0 saturated carbocycles. The quantitative estimate of drug-likeness (QED) is 0.704. The van der Waals surface area contributed by atoms with Crippen molar-refractivity contribution in [3.05, 3.63) is 11.4 Å². The zero-order chi connectivity index (χ0) is 14.4. The number of ether oxygens (including phenoxy) is 1. The molecule has 0 saturated heterocycles. The van der Waals surface area contributed by atoms with Gasteiger partial charge in [0.1, 0.15) is 5.69 Å². The van der Waals surface area contributed by atoms with Crippen LogP contribution in [0.4, 0.5) is 5.69 Å². The van der Waals surface area contributed by atoms with Crippen LogP contribution in [0.2, 0.25) is 0 Å². The lowest BCUT2D eigenvalue weighted by Crippen LogP contribution is -2.35. The van der Waals surface area contributed by atoms with E-state index < -0.39 is 0 Å². The van der Waals surface area contributed by atoms with Crippen molar-refractivity contribution in [2.75, 3.05) is 46.1 Å². The second kappa shape index (κ2) is 7.10. The first kappa shape index (κ1) is 15.5. The van der Waals surface area contributed by atoms with Crippen LogP contribution in [0.3, 0.4) is 0 Å². The highest BCUT2D eigenvalue weighted by atomic mass is 16.5. The van der Waals surface area contributed by atoms with E-state index in [0.717, 1.165) is 13.1 Å². The largest absolute Gasteiger partial charge is 0.395 e. The second-order valence-electron chi connectivity index (χ2n) is 4.52. The van der Waals surface area contributed by atoms with Gasteiger partial charge in [-0.05, 0) is 14.0 Å². The van der Waals surface area contributed by atoms with Gasteiger partial charge >= 0.3 is 0 Å². The molecule has 0 radical (unpaired) electrons. The molecule has 0 bridgehead atoms. The Kier molecular flexibility index (Phi) is 5.78. The van der Waals surface area contributed by atoms with Crippen molar-refractivity contribution in [3.8, 4) is 0 Å². The fourth-order valence-corrected chi connectivity index (χ4v) is 1.75. The summed E-state index contributed by atoms with van der Waals surface area (Å²) in [5.74, 6) is -0.194. The van der Waals surface area contributed by atoms with Crippen molar-refractivity contribution in [2.45, 2.75) is 6.92 Å². The number of carbonyl (C=O) groups excluding carboxylic acids is 1. The van der Waals surface area contributed by atoms with Crippen molar-refractivity contribution >= 4 is 11.6 Å². The van der Waals surface area contributed by atoms with Gasteiger partial charge in [0.15, 0.2) is 0 Å². The van der Waals surface area contributed by atoms with Gasteiger partial charge in [-0.2, -0.15) is 5.10 Å². The molecule has 0 fully saturated rings. The lowest BCUT2D eigenvalue weighted by Gasteiger charge is -2.16. The highest BCUT2D eigenvalue weighted by Crippen LogP contribution is 2.14. The molecule has 1 rings (SSSR count). The molecule has 0 atom stereocenters. The van der Waals surface area contributed by atoms with Crippen LogP contribution >= 0.6 is 0 Å². The van der Waals surface area contributed by atoms with E-state index in [1.54, 1.807) is 21.1 Å². The molecule has 0 aliphatic heterocycles. The Balaban J connectivity index is 2.43. The van der Waals surface area contributed by atoms with Gasteiger partial charge < -0.3 is 20.7 Å². The summed E-state index contributed by atoms with van der Waals surface area (Å²) < 4.78 is 6.49. The Bertz CT molecular complexity index is 430. The average Bonchev–Trinajstić information content (AvgIpc) is 2.60. The van der Waals surface area contributed by atoms with E-state index in [2.05, 4.69) is 15.3 Å². The van der Waals surface area contributed by atoms with Gasteiger partial charge in [0.05, 0.1) is 18.0 Å². The van der Waals surface area contributed by atoms with Crippen LogP contribution < -0.4 is 11.1 Å². The number of carbonyl (C=O) groups is 1. The number of methoxy groups -OCH3 is 1. The normalized spacial score (nSPS) is 11.0. The molecule has 19 heavy (non-hydrogen) atoms. The zero-order valence-corrected chi connectivity index (χ0v) is 12.1. The Labute approximate surface area is 113 Å². The van der Waals surface area contributed by atoms with Crippen LogP contribution in [0.5, 0.6) is 0 Å². The number of nitrogen functional groups attached to an aromatic ring is 1. The number of likely N-dealkylation sites (N-methyl/N-ethyl adjacent to an activating group) is 1. The van der Waals surface area contributed by atoms with Gasteiger partial charge in [0.2, 0.25) is 0 Å². The average molecular weight is 269 g/mol. The maximum atomic E-state index is 12.0. The van der Waals surface area contributed by atoms with Crippen molar-refractivity contribution in [3.63, 3.8) is 0 Å². The van der Waals surface area contributed by atoms with Crippen LogP contribution in [0.15, 0.2) is 0 Å². The maximum absolute atomic E-state index is 12.0. The summed E-state index contributed by atoms with van der Waals surface area (Å²) in [6, 6.07) is 0. The summed E-state index contributed by atoms with van der Waals surface area (Å²) in [5.41, 5.74) is 7.35. The van der Waals surface area contributed by atoms with Crippen molar-refractivity contribution < 1.29 is 9.53 Å². The molecule has 0 unspecified atom stereocenters. The molecule has 7 heteroatoms. The second-order valence-corrected chi connectivity index (χ2v) is 4.52. The fourth-order valence-electron chi connectivity index (χ4n) is 1.75. The van der Waals surface area contributed by atoms with Crippen LogP contribution in [-0.4, -0.2) is 61.0 Å². The molecule has 108 valence electrons. The number of rotatable bonds is 7. The molecule has 3 N–H and O–H groups in total. The molecular weight excluding hydrogens is 246 g/mol. The number of hydrogen-bond acceptors (Lipinski definition) is 5. The lowest BCUT2D eigenvalue weighted by atomic mass is 10.3. The van der Waals surface area contributed by atoms with Crippen LogP contribution in [0.1, 0.15) is 16.2 Å². The number of aryl methyl sites for hydroxylation is 2. The Hall–Kier alpha value is -1.60. The van der Waals surface area contributed by atoms with Gasteiger partial charge in [-0.1, -0.05) is 0 Å². The molecule has 0 aromatic carbocycles. The van der Waals surface area contributed by atoms with Gasteiger partial charge in [-0.15, -0.1) is 0 Å². The number of nitrogens with one attached hydrogen (secondary N) is 1. The summed E-state index contributed by atoms with van der Waals surface area (Å²) in [5, 5.41) is 6.96. The predicted octanol–water partition coefficient (Wildman–Crippen LogP) is -0.381. The van der Waals surface area contributed by atoms with Crippen LogP contribution in [-0.2, 0) is 11.8 Å². The van der Waals surface area contributed by atoms with E-state index in [9.17, 15) is 4.79 Å². The Morgan fingerprint density at radius 2 is 2.21 bits per heavy atom. The highest BCUT2D eigenvalue weighted by molar-refractivity contribution is 5.97. The number of amides is 1. The third kappa shape index (κ3) is 4.22. The molecule has 7 nitrogen and oxygen atoms in total. The Morgan fingerprint density at radius 1 is 1.53 bits per heavy atom. The van der Waals surface area contributed by atoms with Crippen molar-refractivity contribution in [1.82, 2.24) is 20.0 Å². The molecular formula is C12H23N5O2. The summed E-state index contributed by atoms with van der Waals surface area (Å²) in [6.07, 6.45) is 0. The first-order valence-electron chi connectivity index (χ1n) is 6.22. The van der Waals surface area contributed by atoms with E-state index in [1.807, 2.05) is 7.05 Å². The summed E-state index contributed by atoms with van der Waals surface area (Å²) >= 11 is 0. The molecule has 1 aromatic heterocycles. The van der Waals surface area contributed by atoms with Crippen molar-refractivity contribution in [1.29, 1.82) is 0 Å². The van der Waals surface area contributed by atoms with Crippen LogP contribution in [0, 0.1) is 6.92 Å². The van der Waals surface area contributed by atoms with Gasteiger partial charge in [-0.25, -0.2) is 0 Å². The third-order valence-corrected chi connectivity index (χ3v) is 2.94.